The summed E-state index contributed by atoms with van der Waals surface area (Å²) in [5.41, 5.74) is 0.189. The number of amides is 2. The number of hydrogen-bond donors (Lipinski definition) is 3. The Balaban J connectivity index is 2.44. The summed E-state index contributed by atoms with van der Waals surface area (Å²) in [7, 11) is 0. The molecule has 0 heterocycles. The summed E-state index contributed by atoms with van der Waals surface area (Å²) < 4.78 is 25.0. The fourth-order valence-corrected chi connectivity index (χ4v) is 1.86. The Hall–Kier alpha value is -1.69. The molecule has 1 rings (SSSR count). The maximum Gasteiger partial charge on any atom is 0.319 e. The molecule has 1 aromatic carbocycles. The van der Waals surface area contributed by atoms with E-state index in [1.165, 1.54) is 18.2 Å². The maximum atomic E-state index is 12.5. The molecule has 4 nitrogen and oxygen atoms in total. The number of nitrogens with one attached hydrogen (secondary N) is 2. The average molecular weight is 286 g/mol. The van der Waals surface area contributed by atoms with Crippen molar-refractivity contribution in [3.05, 3.63) is 29.8 Å². The number of aliphatic hydroxyl groups excluding tert-OH is 1. The van der Waals surface area contributed by atoms with Crippen LogP contribution in [0.5, 0.6) is 0 Å². The van der Waals surface area contributed by atoms with Gasteiger partial charge in [0.2, 0.25) is 0 Å². The van der Waals surface area contributed by atoms with Gasteiger partial charge in [0.05, 0.1) is 6.10 Å². The van der Waals surface area contributed by atoms with E-state index in [0.29, 0.717) is 18.7 Å². The second-order valence-corrected chi connectivity index (χ2v) is 4.95. The smallest absolute Gasteiger partial charge is 0.319 e. The molecule has 3 N–H and O–H groups in total. The third-order valence-electron chi connectivity index (χ3n) is 2.75. The number of halogens is 2. The van der Waals surface area contributed by atoms with Crippen LogP contribution in [0.1, 0.15) is 32.3 Å². The molecule has 0 aliphatic heterocycles. The minimum absolute atomic E-state index is 0.133. The minimum atomic E-state index is -2.56. The van der Waals surface area contributed by atoms with Gasteiger partial charge in [-0.05, 0) is 31.4 Å². The van der Waals surface area contributed by atoms with E-state index in [0.717, 1.165) is 0 Å². The molecular formula is C14H20F2N2O2. The molecule has 2 unspecified atom stereocenters. The fourth-order valence-electron chi connectivity index (χ4n) is 1.86. The lowest BCUT2D eigenvalue weighted by atomic mass is 10.1. The summed E-state index contributed by atoms with van der Waals surface area (Å²) in [6.07, 6.45) is -2.40. The molecule has 0 aromatic heterocycles. The van der Waals surface area contributed by atoms with Gasteiger partial charge in [0.1, 0.15) is 0 Å². The van der Waals surface area contributed by atoms with Gasteiger partial charge in [0, 0.05) is 17.8 Å². The lowest BCUT2D eigenvalue weighted by molar-refractivity contribution is 0.151. The average Bonchev–Trinajstić information content (AvgIpc) is 2.36. The highest BCUT2D eigenvalue weighted by atomic mass is 19.3. The third kappa shape index (κ3) is 5.97. The molecule has 0 fully saturated rings. The SMILES string of the molecule is CC(O)CC(C)CNC(=O)Nc1cccc(C(F)F)c1. The lowest BCUT2D eigenvalue weighted by Crippen LogP contribution is -2.33. The third-order valence-corrected chi connectivity index (χ3v) is 2.75. The number of benzene rings is 1. The number of anilines is 1. The highest BCUT2D eigenvalue weighted by Gasteiger charge is 2.10. The summed E-state index contributed by atoms with van der Waals surface area (Å²) in [5, 5.41) is 14.3. The van der Waals surface area contributed by atoms with E-state index in [-0.39, 0.29) is 11.5 Å². The minimum Gasteiger partial charge on any atom is -0.393 e. The van der Waals surface area contributed by atoms with Crippen LogP contribution in [0.3, 0.4) is 0 Å². The van der Waals surface area contributed by atoms with Crippen LogP contribution in [-0.4, -0.2) is 23.8 Å². The predicted molar refractivity (Wildman–Crippen MR) is 73.9 cm³/mol. The van der Waals surface area contributed by atoms with Crippen LogP contribution < -0.4 is 10.6 Å². The van der Waals surface area contributed by atoms with Crippen LogP contribution in [0, 0.1) is 5.92 Å². The summed E-state index contributed by atoms with van der Waals surface area (Å²) in [6.45, 7) is 4.00. The Bertz CT molecular complexity index is 439. The van der Waals surface area contributed by atoms with Gasteiger partial charge in [-0.15, -0.1) is 0 Å². The molecule has 1 aromatic rings. The first-order valence-electron chi connectivity index (χ1n) is 6.49. The lowest BCUT2D eigenvalue weighted by Gasteiger charge is -2.14. The highest BCUT2D eigenvalue weighted by molar-refractivity contribution is 5.89. The van der Waals surface area contributed by atoms with Gasteiger partial charge in [-0.3, -0.25) is 0 Å². The summed E-state index contributed by atoms with van der Waals surface area (Å²) in [5.74, 6) is 0.133. The van der Waals surface area contributed by atoms with Crippen molar-refractivity contribution in [2.75, 3.05) is 11.9 Å². The topological polar surface area (TPSA) is 61.4 Å². The number of rotatable bonds is 6. The predicted octanol–water partition coefficient (Wildman–Crippen LogP) is 3.15. The van der Waals surface area contributed by atoms with E-state index in [9.17, 15) is 18.7 Å². The number of carbonyl (C=O) groups excluding carboxylic acids is 1. The first-order valence-corrected chi connectivity index (χ1v) is 6.49. The van der Waals surface area contributed by atoms with Gasteiger partial charge < -0.3 is 15.7 Å². The van der Waals surface area contributed by atoms with Gasteiger partial charge in [-0.25, -0.2) is 13.6 Å². The van der Waals surface area contributed by atoms with Crippen LogP contribution >= 0.6 is 0 Å². The molecule has 0 aliphatic carbocycles. The number of alkyl halides is 2. The molecule has 0 bridgehead atoms. The number of aliphatic hydroxyl groups is 1. The van der Waals surface area contributed by atoms with Gasteiger partial charge in [0.25, 0.3) is 6.43 Å². The Morgan fingerprint density at radius 1 is 1.35 bits per heavy atom. The largest absolute Gasteiger partial charge is 0.393 e. The molecule has 0 aliphatic rings. The number of carbonyl (C=O) groups is 1. The van der Waals surface area contributed by atoms with E-state index in [1.807, 2.05) is 6.92 Å². The van der Waals surface area contributed by atoms with E-state index in [1.54, 1.807) is 13.0 Å². The van der Waals surface area contributed by atoms with Crippen LogP contribution in [0.2, 0.25) is 0 Å². The second kappa shape index (κ2) is 7.79. The van der Waals surface area contributed by atoms with Gasteiger partial charge >= 0.3 is 6.03 Å². The standard InChI is InChI=1S/C14H20F2N2O2/c1-9(6-10(2)19)8-17-14(20)18-12-5-3-4-11(7-12)13(15)16/h3-5,7,9-10,13,19H,6,8H2,1-2H3,(H2,17,18,20). The molecule has 112 valence electrons. The molecule has 6 heteroatoms. The van der Waals surface area contributed by atoms with Crippen molar-refractivity contribution < 1.29 is 18.7 Å². The van der Waals surface area contributed by atoms with E-state index < -0.39 is 18.6 Å². The zero-order chi connectivity index (χ0) is 15.1. The molecule has 0 spiro atoms. The van der Waals surface area contributed by atoms with Crippen molar-refractivity contribution in [3.8, 4) is 0 Å². The highest BCUT2D eigenvalue weighted by Crippen LogP contribution is 2.21. The number of hydrogen-bond acceptors (Lipinski definition) is 2. The van der Waals surface area contributed by atoms with Crippen molar-refractivity contribution in [2.45, 2.75) is 32.8 Å². The monoisotopic (exact) mass is 286 g/mol. The van der Waals surface area contributed by atoms with Crippen molar-refractivity contribution >= 4 is 11.7 Å². The van der Waals surface area contributed by atoms with Gasteiger partial charge in [0.15, 0.2) is 0 Å². The molecule has 0 saturated carbocycles. The normalized spacial score (nSPS) is 13.9. The molecule has 0 saturated heterocycles. The van der Waals surface area contributed by atoms with E-state index in [4.69, 9.17) is 0 Å². The quantitative estimate of drug-likeness (QED) is 0.752. The molecule has 2 atom stereocenters. The maximum absolute atomic E-state index is 12.5. The Morgan fingerprint density at radius 2 is 2.05 bits per heavy atom. The fraction of sp³-hybridized carbons (Fsp3) is 0.500. The first kappa shape index (κ1) is 16.4. The zero-order valence-electron chi connectivity index (χ0n) is 11.6. The Morgan fingerprint density at radius 3 is 2.65 bits per heavy atom. The Kier molecular flexibility index (Phi) is 6.38. The Labute approximate surface area is 117 Å². The molecular weight excluding hydrogens is 266 g/mol. The van der Waals surface area contributed by atoms with Gasteiger partial charge in [-0.1, -0.05) is 19.1 Å². The van der Waals surface area contributed by atoms with E-state index >= 15 is 0 Å². The van der Waals surface area contributed by atoms with Crippen molar-refractivity contribution in [3.63, 3.8) is 0 Å². The summed E-state index contributed by atoms with van der Waals surface area (Å²) in [6, 6.07) is 5.11. The van der Waals surface area contributed by atoms with E-state index in [2.05, 4.69) is 10.6 Å². The second-order valence-electron chi connectivity index (χ2n) is 4.95. The first-order chi connectivity index (χ1) is 9.38. The number of urea groups is 1. The van der Waals surface area contributed by atoms with Crippen molar-refractivity contribution in [2.24, 2.45) is 5.92 Å². The molecule has 2 amide bonds. The summed E-state index contributed by atoms with van der Waals surface area (Å²) >= 11 is 0. The summed E-state index contributed by atoms with van der Waals surface area (Å²) in [4.78, 5) is 11.6. The zero-order valence-corrected chi connectivity index (χ0v) is 11.6. The van der Waals surface area contributed by atoms with Crippen molar-refractivity contribution in [1.29, 1.82) is 0 Å². The molecule has 20 heavy (non-hydrogen) atoms. The van der Waals surface area contributed by atoms with Crippen LogP contribution in [0.25, 0.3) is 0 Å². The van der Waals surface area contributed by atoms with Crippen LogP contribution in [-0.2, 0) is 0 Å². The van der Waals surface area contributed by atoms with Gasteiger partial charge in [-0.2, -0.15) is 0 Å². The van der Waals surface area contributed by atoms with Crippen LogP contribution in [0.4, 0.5) is 19.3 Å². The molecule has 0 radical (unpaired) electrons. The van der Waals surface area contributed by atoms with Crippen LogP contribution in [0.15, 0.2) is 24.3 Å². The van der Waals surface area contributed by atoms with Crippen molar-refractivity contribution in [1.82, 2.24) is 5.32 Å².